The number of aryl methyl sites for hydroxylation is 2. The van der Waals surface area contributed by atoms with E-state index >= 15 is 0 Å². The van der Waals surface area contributed by atoms with Crippen LogP contribution >= 0.6 is 11.3 Å². The lowest BCUT2D eigenvalue weighted by molar-refractivity contribution is 0.103. The van der Waals surface area contributed by atoms with Gasteiger partial charge >= 0.3 is 0 Å². The van der Waals surface area contributed by atoms with E-state index < -0.39 is 10.0 Å². The van der Waals surface area contributed by atoms with Gasteiger partial charge < -0.3 is 5.32 Å². The third kappa shape index (κ3) is 4.40. The summed E-state index contributed by atoms with van der Waals surface area (Å²) in [5.74, 6) is -0.185. The Morgan fingerprint density at radius 2 is 1.87 bits per heavy atom. The van der Waals surface area contributed by atoms with Crippen molar-refractivity contribution < 1.29 is 13.2 Å². The first-order valence-corrected chi connectivity index (χ1v) is 9.77. The Balaban J connectivity index is 2.16. The van der Waals surface area contributed by atoms with Crippen LogP contribution in [0, 0.1) is 0 Å². The van der Waals surface area contributed by atoms with Crippen molar-refractivity contribution in [3.05, 3.63) is 45.6 Å². The standard InChI is InChI=1S/C16H20N2O3S2/c1-3-5-14-11(4-2)10-15(22-14)16(19)18-12-6-8-13(9-7-12)23(17,20)21/h6-10H,3-5H2,1-2H3,(H,18,19)(H2,17,20,21). The summed E-state index contributed by atoms with van der Waals surface area (Å²) < 4.78 is 22.4. The number of anilines is 1. The third-order valence-corrected chi connectivity index (χ3v) is 5.58. The Bertz CT molecular complexity index is 793. The van der Waals surface area contributed by atoms with E-state index in [2.05, 4.69) is 19.2 Å². The number of amides is 1. The van der Waals surface area contributed by atoms with E-state index in [1.807, 2.05) is 6.07 Å². The molecule has 1 aromatic carbocycles. The van der Waals surface area contributed by atoms with Gasteiger partial charge in [-0.05, 0) is 48.7 Å². The summed E-state index contributed by atoms with van der Waals surface area (Å²) in [7, 11) is -3.72. The summed E-state index contributed by atoms with van der Waals surface area (Å²) in [6.45, 7) is 4.20. The minimum atomic E-state index is -3.72. The predicted octanol–water partition coefficient (Wildman–Crippen LogP) is 3.16. The maximum Gasteiger partial charge on any atom is 0.265 e. The molecule has 2 aromatic rings. The number of benzene rings is 1. The van der Waals surface area contributed by atoms with Crippen LogP contribution in [0.5, 0.6) is 0 Å². The minimum absolute atomic E-state index is 0.0186. The Morgan fingerprint density at radius 1 is 1.22 bits per heavy atom. The minimum Gasteiger partial charge on any atom is -0.321 e. The van der Waals surface area contributed by atoms with Crippen molar-refractivity contribution in [2.75, 3.05) is 5.32 Å². The maximum absolute atomic E-state index is 12.3. The molecule has 2 rings (SSSR count). The highest BCUT2D eigenvalue weighted by atomic mass is 32.2. The third-order valence-electron chi connectivity index (χ3n) is 3.42. The lowest BCUT2D eigenvalue weighted by atomic mass is 10.1. The number of nitrogens with two attached hydrogens (primary N) is 1. The SMILES string of the molecule is CCCc1sc(C(=O)Nc2ccc(S(N)(=O)=O)cc2)cc1CC. The first-order valence-electron chi connectivity index (χ1n) is 7.41. The number of sulfonamides is 1. The molecular formula is C16H20N2O3S2. The zero-order valence-corrected chi connectivity index (χ0v) is 14.8. The lowest BCUT2D eigenvalue weighted by Gasteiger charge is -2.04. The van der Waals surface area contributed by atoms with Crippen LogP contribution in [0.4, 0.5) is 5.69 Å². The highest BCUT2D eigenvalue weighted by Crippen LogP contribution is 2.25. The van der Waals surface area contributed by atoms with E-state index in [4.69, 9.17) is 5.14 Å². The molecule has 0 atom stereocenters. The molecule has 0 aliphatic heterocycles. The van der Waals surface area contributed by atoms with Gasteiger partial charge in [0.05, 0.1) is 9.77 Å². The molecule has 0 radical (unpaired) electrons. The van der Waals surface area contributed by atoms with Gasteiger partial charge in [-0.15, -0.1) is 11.3 Å². The fraction of sp³-hybridized carbons (Fsp3) is 0.312. The molecule has 1 aromatic heterocycles. The number of primary sulfonamides is 1. The Morgan fingerprint density at radius 3 is 2.39 bits per heavy atom. The highest BCUT2D eigenvalue weighted by molar-refractivity contribution is 7.89. The summed E-state index contributed by atoms with van der Waals surface area (Å²) in [6.07, 6.45) is 2.93. The fourth-order valence-electron chi connectivity index (χ4n) is 2.24. The van der Waals surface area contributed by atoms with Crippen LogP contribution in [-0.2, 0) is 22.9 Å². The Hall–Kier alpha value is -1.70. The highest BCUT2D eigenvalue weighted by Gasteiger charge is 2.14. The molecule has 0 saturated carbocycles. The quantitative estimate of drug-likeness (QED) is 0.837. The number of nitrogens with one attached hydrogen (secondary N) is 1. The summed E-state index contributed by atoms with van der Waals surface area (Å²) in [4.78, 5) is 14.3. The normalized spacial score (nSPS) is 11.4. The van der Waals surface area contributed by atoms with E-state index in [1.165, 1.54) is 46.0 Å². The van der Waals surface area contributed by atoms with Crippen LogP contribution in [0.2, 0.25) is 0 Å². The zero-order chi connectivity index (χ0) is 17.0. The van der Waals surface area contributed by atoms with E-state index in [9.17, 15) is 13.2 Å². The molecule has 5 nitrogen and oxygen atoms in total. The van der Waals surface area contributed by atoms with Crippen molar-refractivity contribution in [1.82, 2.24) is 0 Å². The van der Waals surface area contributed by atoms with Gasteiger partial charge in [0.1, 0.15) is 0 Å². The van der Waals surface area contributed by atoms with Crippen LogP contribution < -0.4 is 10.5 Å². The fourth-order valence-corrected chi connectivity index (χ4v) is 4.00. The summed E-state index contributed by atoms with van der Waals surface area (Å²) in [6, 6.07) is 7.74. The average Bonchev–Trinajstić information content (AvgIpc) is 2.90. The molecule has 1 heterocycles. The Labute approximate surface area is 140 Å². The first-order chi connectivity index (χ1) is 10.8. The van der Waals surface area contributed by atoms with E-state index in [0.29, 0.717) is 10.6 Å². The van der Waals surface area contributed by atoms with Crippen molar-refractivity contribution in [3.63, 3.8) is 0 Å². The molecule has 0 spiro atoms. The second-order valence-electron chi connectivity index (χ2n) is 5.19. The summed E-state index contributed by atoms with van der Waals surface area (Å²) in [5, 5.41) is 7.83. The first kappa shape index (κ1) is 17.7. The molecule has 3 N–H and O–H groups in total. The molecule has 124 valence electrons. The summed E-state index contributed by atoms with van der Waals surface area (Å²) >= 11 is 1.52. The van der Waals surface area contributed by atoms with Gasteiger partial charge in [0.25, 0.3) is 5.91 Å². The van der Waals surface area contributed by atoms with Crippen molar-refractivity contribution in [1.29, 1.82) is 0 Å². The molecule has 1 amide bonds. The van der Waals surface area contributed by atoms with Crippen LogP contribution in [0.3, 0.4) is 0 Å². The molecule has 0 aliphatic rings. The average molecular weight is 352 g/mol. The number of carbonyl (C=O) groups is 1. The van der Waals surface area contributed by atoms with E-state index in [1.54, 1.807) is 0 Å². The molecule has 23 heavy (non-hydrogen) atoms. The van der Waals surface area contributed by atoms with Gasteiger partial charge in [0.15, 0.2) is 0 Å². The van der Waals surface area contributed by atoms with Crippen molar-refractivity contribution >= 4 is 33.0 Å². The molecule has 0 bridgehead atoms. The lowest BCUT2D eigenvalue weighted by Crippen LogP contribution is -2.13. The number of hydrogen-bond acceptors (Lipinski definition) is 4. The largest absolute Gasteiger partial charge is 0.321 e. The zero-order valence-electron chi connectivity index (χ0n) is 13.1. The Kier molecular flexibility index (Phi) is 5.56. The number of thiophene rings is 1. The predicted molar refractivity (Wildman–Crippen MR) is 93.5 cm³/mol. The number of hydrogen-bond donors (Lipinski definition) is 2. The molecule has 7 heteroatoms. The molecule has 0 unspecified atom stereocenters. The second kappa shape index (κ2) is 7.25. The number of carbonyl (C=O) groups excluding carboxylic acids is 1. The van der Waals surface area contributed by atoms with Gasteiger partial charge in [0, 0.05) is 10.6 Å². The molecule has 0 aliphatic carbocycles. The van der Waals surface area contributed by atoms with Gasteiger partial charge in [0.2, 0.25) is 10.0 Å². The molecular weight excluding hydrogens is 332 g/mol. The van der Waals surface area contributed by atoms with E-state index in [0.717, 1.165) is 19.3 Å². The van der Waals surface area contributed by atoms with Crippen LogP contribution in [0.15, 0.2) is 35.2 Å². The topological polar surface area (TPSA) is 89.3 Å². The maximum atomic E-state index is 12.3. The van der Waals surface area contributed by atoms with Gasteiger partial charge in [-0.2, -0.15) is 0 Å². The van der Waals surface area contributed by atoms with Crippen molar-refractivity contribution in [2.24, 2.45) is 5.14 Å². The van der Waals surface area contributed by atoms with Crippen LogP contribution in [0.25, 0.3) is 0 Å². The second-order valence-corrected chi connectivity index (χ2v) is 7.88. The van der Waals surface area contributed by atoms with Gasteiger partial charge in [-0.3, -0.25) is 4.79 Å². The van der Waals surface area contributed by atoms with Crippen molar-refractivity contribution in [2.45, 2.75) is 38.0 Å². The smallest absolute Gasteiger partial charge is 0.265 e. The monoisotopic (exact) mass is 352 g/mol. The van der Waals surface area contributed by atoms with Crippen LogP contribution in [0.1, 0.15) is 40.4 Å². The van der Waals surface area contributed by atoms with E-state index in [-0.39, 0.29) is 10.8 Å². The molecule has 0 fully saturated rings. The van der Waals surface area contributed by atoms with Gasteiger partial charge in [-0.25, -0.2) is 13.6 Å². The molecule has 0 saturated heterocycles. The number of rotatable bonds is 6. The summed E-state index contributed by atoms with van der Waals surface area (Å²) in [5.41, 5.74) is 1.75. The van der Waals surface area contributed by atoms with Gasteiger partial charge in [-0.1, -0.05) is 20.3 Å². The van der Waals surface area contributed by atoms with Crippen LogP contribution in [-0.4, -0.2) is 14.3 Å². The van der Waals surface area contributed by atoms with Crippen molar-refractivity contribution in [3.8, 4) is 0 Å².